The highest BCUT2D eigenvalue weighted by atomic mass is 79.9. The van der Waals surface area contributed by atoms with Gasteiger partial charge in [0.2, 0.25) is 0 Å². The van der Waals surface area contributed by atoms with Crippen molar-refractivity contribution in [3.05, 3.63) is 33.1 Å². The summed E-state index contributed by atoms with van der Waals surface area (Å²) in [4.78, 5) is 10.1. The number of alkyl halides is 3. The van der Waals surface area contributed by atoms with Crippen LogP contribution in [0, 0.1) is 0 Å². The Bertz CT molecular complexity index is 603. The molecule has 0 spiro atoms. The smallest absolute Gasteiger partial charge is 0.418 e. The fourth-order valence-corrected chi connectivity index (χ4v) is 2.90. The molecular formula is C10H4BrF3O2S. The van der Waals surface area contributed by atoms with Gasteiger partial charge in [-0.1, -0.05) is 15.9 Å². The Kier molecular flexibility index (Phi) is 2.90. The van der Waals surface area contributed by atoms with Crippen molar-refractivity contribution in [1.29, 1.82) is 0 Å². The SMILES string of the molecule is O=C(O)c1sc2ccc(Br)cc2c1C(F)(F)F. The summed E-state index contributed by atoms with van der Waals surface area (Å²) in [7, 11) is 0. The first-order valence-electron chi connectivity index (χ1n) is 4.33. The fourth-order valence-electron chi connectivity index (χ4n) is 1.50. The summed E-state index contributed by atoms with van der Waals surface area (Å²) in [5.74, 6) is -1.56. The molecule has 2 rings (SSSR count). The second-order valence-corrected chi connectivity index (χ2v) is 5.22. The van der Waals surface area contributed by atoms with Crippen LogP contribution in [0.15, 0.2) is 22.7 Å². The Balaban J connectivity index is 2.87. The van der Waals surface area contributed by atoms with Crippen molar-refractivity contribution in [1.82, 2.24) is 0 Å². The van der Waals surface area contributed by atoms with E-state index in [1.807, 2.05) is 0 Å². The summed E-state index contributed by atoms with van der Waals surface area (Å²) in [6, 6.07) is 4.32. The molecule has 0 saturated carbocycles. The Hall–Kier alpha value is -1.08. The van der Waals surface area contributed by atoms with Crippen LogP contribution in [0.25, 0.3) is 10.1 Å². The van der Waals surface area contributed by atoms with Crippen molar-refractivity contribution in [2.24, 2.45) is 0 Å². The van der Waals surface area contributed by atoms with E-state index in [1.165, 1.54) is 12.1 Å². The number of halogens is 4. The van der Waals surface area contributed by atoms with Crippen molar-refractivity contribution < 1.29 is 23.1 Å². The number of carboxylic acids is 1. The molecule has 90 valence electrons. The van der Waals surface area contributed by atoms with Crippen LogP contribution in [0.1, 0.15) is 15.2 Å². The van der Waals surface area contributed by atoms with Crippen LogP contribution in [0.2, 0.25) is 0 Å². The van der Waals surface area contributed by atoms with E-state index in [0.29, 0.717) is 20.5 Å². The van der Waals surface area contributed by atoms with Crippen molar-refractivity contribution in [2.75, 3.05) is 0 Å². The lowest BCUT2D eigenvalue weighted by atomic mass is 10.1. The van der Waals surface area contributed by atoms with Crippen LogP contribution < -0.4 is 0 Å². The van der Waals surface area contributed by atoms with E-state index in [2.05, 4.69) is 15.9 Å². The molecule has 0 bridgehead atoms. The third-order valence-electron chi connectivity index (χ3n) is 2.13. The molecule has 1 N–H and O–H groups in total. The van der Waals surface area contributed by atoms with Gasteiger partial charge in [-0.25, -0.2) is 4.79 Å². The van der Waals surface area contributed by atoms with E-state index in [0.717, 1.165) is 0 Å². The quantitative estimate of drug-likeness (QED) is 0.845. The molecule has 0 fully saturated rings. The van der Waals surface area contributed by atoms with Crippen molar-refractivity contribution in [3.8, 4) is 0 Å². The number of thiophene rings is 1. The molecule has 0 unspecified atom stereocenters. The highest BCUT2D eigenvalue weighted by Crippen LogP contribution is 2.42. The van der Waals surface area contributed by atoms with Gasteiger partial charge in [0.05, 0.1) is 5.56 Å². The zero-order chi connectivity index (χ0) is 12.8. The number of hydrogen-bond acceptors (Lipinski definition) is 2. The summed E-state index contributed by atoms with van der Waals surface area (Å²) in [6.45, 7) is 0. The third kappa shape index (κ3) is 2.16. The van der Waals surface area contributed by atoms with Gasteiger partial charge in [0, 0.05) is 14.6 Å². The molecular weight excluding hydrogens is 321 g/mol. The van der Waals surface area contributed by atoms with E-state index >= 15 is 0 Å². The minimum Gasteiger partial charge on any atom is -0.477 e. The van der Waals surface area contributed by atoms with Crippen LogP contribution in [-0.2, 0) is 6.18 Å². The Morgan fingerprint density at radius 3 is 2.53 bits per heavy atom. The lowest BCUT2D eigenvalue weighted by Crippen LogP contribution is -2.10. The number of carboxylic acid groups (broad SMARTS) is 1. The van der Waals surface area contributed by atoms with Gasteiger partial charge >= 0.3 is 12.1 Å². The van der Waals surface area contributed by atoms with Gasteiger partial charge in [0.1, 0.15) is 4.88 Å². The molecule has 1 aromatic heterocycles. The Morgan fingerprint density at radius 1 is 1.35 bits per heavy atom. The van der Waals surface area contributed by atoms with Crippen LogP contribution >= 0.6 is 27.3 Å². The first-order chi connectivity index (χ1) is 7.80. The van der Waals surface area contributed by atoms with Crippen LogP contribution in [0.5, 0.6) is 0 Å². The lowest BCUT2D eigenvalue weighted by molar-refractivity contribution is -0.136. The number of rotatable bonds is 1. The normalized spacial score (nSPS) is 12.0. The second kappa shape index (κ2) is 3.99. The fraction of sp³-hybridized carbons (Fsp3) is 0.100. The van der Waals surface area contributed by atoms with Crippen LogP contribution in [0.4, 0.5) is 13.2 Å². The highest BCUT2D eigenvalue weighted by molar-refractivity contribution is 9.10. The molecule has 1 heterocycles. The molecule has 7 heteroatoms. The predicted molar refractivity (Wildman–Crippen MR) is 61.5 cm³/mol. The topological polar surface area (TPSA) is 37.3 Å². The van der Waals surface area contributed by atoms with Crippen molar-refractivity contribution in [2.45, 2.75) is 6.18 Å². The Morgan fingerprint density at radius 2 is 2.00 bits per heavy atom. The molecule has 2 nitrogen and oxygen atoms in total. The summed E-state index contributed by atoms with van der Waals surface area (Å²) in [6.07, 6.45) is -4.67. The van der Waals surface area contributed by atoms with Gasteiger partial charge in [0.15, 0.2) is 0 Å². The molecule has 17 heavy (non-hydrogen) atoms. The van der Waals surface area contributed by atoms with E-state index in [4.69, 9.17) is 5.11 Å². The number of benzene rings is 1. The van der Waals surface area contributed by atoms with E-state index in [9.17, 15) is 18.0 Å². The van der Waals surface area contributed by atoms with Crippen LogP contribution in [-0.4, -0.2) is 11.1 Å². The Labute approximate surface area is 106 Å². The van der Waals surface area contributed by atoms with E-state index in [-0.39, 0.29) is 5.39 Å². The predicted octanol–water partition coefficient (Wildman–Crippen LogP) is 4.38. The average molecular weight is 325 g/mol. The molecule has 0 radical (unpaired) electrons. The van der Waals surface area contributed by atoms with Gasteiger partial charge in [-0.05, 0) is 18.2 Å². The zero-order valence-electron chi connectivity index (χ0n) is 8.01. The zero-order valence-corrected chi connectivity index (χ0v) is 10.4. The van der Waals surface area contributed by atoms with E-state index < -0.39 is 22.6 Å². The average Bonchev–Trinajstić information content (AvgIpc) is 2.55. The maximum Gasteiger partial charge on any atom is 0.418 e. The van der Waals surface area contributed by atoms with Gasteiger partial charge in [-0.15, -0.1) is 11.3 Å². The maximum absolute atomic E-state index is 12.8. The van der Waals surface area contributed by atoms with Crippen LogP contribution in [0.3, 0.4) is 0 Å². The summed E-state index contributed by atoms with van der Waals surface area (Å²) in [5.41, 5.74) is -1.08. The van der Waals surface area contributed by atoms with Crippen molar-refractivity contribution in [3.63, 3.8) is 0 Å². The molecule has 0 aliphatic heterocycles. The summed E-state index contributed by atoms with van der Waals surface area (Å²) in [5, 5.41) is 8.71. The standard InChI is InChI=1S/C10H4BrF3O2S/c11-4-1-2-6-5(3-4)7(10(12,13)14)8(17-6)9(15)16/h1-3H,(H,15,16). The molecule has 1 aromatic carbocycles. The lowest BCUT2D eigenvalue weighted by Gasteiger charge is -2.06. The monoisotopic (exact) mass is 324 g/mol. The van der Waals surface area contributed by atoms with Crippen molar-refractivity contribution >= 4 is 43.3 Å². The molecule has 2 aromatic rings. The van der Waals surface area contributed by atoms with Gasteiger partial charge in [-0.2, -0.15) is 13.2 Å². The molecule has 0 saturated heterocycles. The maximum atomic E-state index is 12.8. The number of hydrogen-bond donors (Lipinski definition) is 1. The molecule has 0 atom stereocenters. The third-order valence-corrected chi connectivity index (χ3v) is 3.78. The van der Waals surface area contributed by atoms with E-state index in [1.54, 1.807) is 6.07 Å². The molecule has 0 aliphatic rings. The highest BCUT2D eigenvalue weighted by Gasteiger charge is 2.39. The van der Waals surface area contributed by atoms with Gasteiger partial charge in [-0.3, -0.25) is 0 Å². The summed E-state index contributed by atoms with van der Waals surface area (Å²) < 4.78 is 39.3. The first kappa shape index (κ1) is 12.4. The largest absolute Gasteiger partial charge is 0.477 e. The van der Waals surface area contributed by atoms with Gasteiger partial charge < -0.3 is 5.11 Å². The molecule has 0 amide bonds. The first-order valence-corrected chi connectivity index (χ1v) is 5.94. The minimum absolute atomic E-state index is 0.0886. The minimum atomic E-state index is -4.67. The van der Waals surface area contributed by atoms with Gasteiger partial charge in [0.25, 0.3) is 0 Å². The second-order valence-electron chi connectivity index (χ2n) is 3.25. The summed E-state index contributed by atoms with van der Waals surface area (Å²) >= 11 is 3.70. The number of fused-ring (bicyclic) bond motifs is 1. The molecule has 0 aliphatic carbocycles. The number of carbonyl (C=O) groups is 1. The number of aromatic carboxylic acids is 1.